The van der Waals surface area contributed by atoms with Crippen LogP contribution in [0.25, 0.3) is 11.0 Å². The van der Waals surface area contributed by atoms with E-state index in [1.165, 1.54) is 12.8 Å². The van der Waals surface area contributed by atoms with Gasteiger partial charge in [0.2, 0.25) is 0 Å². The van der Waals surface area contributed by atoms with Gasteiger partial charge in [-0.05, 0) is 44.7 Å². The second kappa shape index (κ2) is 5.05. The number of pyridine rings is 1. The lowest BCUT2D eigenvalue weighted by Crippen LogP contribution is -2.37. The van der Waals surface area contributed by atoms with Crippen molar-refractivity contribution in [3.63, 3.8) is 0 Å². The summed E-state index contributed by atoms with van der Waals surface area (Å²) in [7, 11) is 0. The molecule has 2 aromatic heterocycles. The normalized spacial score (nSPS) is 25.5. The first-order chi connectivity index (χ1) is 10.6. The van der Waals surface area contributed by atoms with Gasteiger partial charge in [-0.25, -0.2) is 9.78 Å². The summed E-state index contributed by atoms with van der Waals surface area (Å²) in [5.74, 6) is 0.790. The van der Waals surface area contributed by atoms with E-state index in [0.29, 0.717) is 11.6 Å². The van der Waals surface area contributed by atoms with Gasteiger partial charge < -0.3 is 10.5 Å². The average molecular weight is 300 g/mol. The predicted octanol–water partition coefficient (Wildman–Crippen LogP) is 1.99. The molecule has 0 unspecified atom stereocenters. The average Bonchev–Trinajstić information content (AvgIpc) is 3.33. The Morgan fingerprint density at radius 3 is 2.82 bits per heavy atom. The second-order valence-corrected chi connectivity index (χ2v) is 6.32. The van der Waals surface area contributed by atoms with E-state index in [0.717, 1.165) is 30.5 Å². The molecule has 0 amide bonds. The Balaban J connectivity index is 1.94. The Hall–Kier alpha value is -1.95. The quantitative estimate of drug-likeness (QED) is 0.917. The molecular formula is C16H20N4O2. The van der Waals surface area contributed by atoms with Gasteiger partial charge >= 0.3 is 5.69 Å². The number of hydrogen-bond acceptors (Lipinski definition) is 5. The molecule has 1 aliphatic carbocycles. The van der Waals surface area contributed by atoms with Crippen LogP contribution in [0.3, 0.4) is 0 Å². The van der Waals surface area contributed by atoms with E-state index in [9.17, 15) is 4.79 Å². The standard InChI is InChI=1S/C16H20N4O2/c1-9-13(3-2-8-22-9)20-15-11(14(17)19-16(20)21)6-7-12(18-15)10-4-5-10/h6-7,9-10,13H,2-5,8H2,1H3,(H2,17,19,21)/t9-,13+/m1/s1. The van der Waals surface area contributed by atoms with E-state index in [2.05, 4.69) is 4.98 Å². The molecule has 6 heteroatoms. The molecule has 116 valence electrons. The van der Waals surface area contributed by atoms with Crippen molar-refractivity contribution < 1.29 is 4.74 Å². The van der Waals surface area contributed by atoms with Crippen molar-refractivity contribution in [1.82, 2.24) is 14.5 Å². The number of nitrogens with zero attached hydrogens (tertiary/aromatic N) is 3. The zero-order chi connectivity index (χ0) is 15.3. The van der Waals surface area contributed by atoms with Crippen molar-refractivity contribution in [3.8, 4) is 0 Å². The first-order valence-electron chi connectivity index (χ1n) is 7.95. The fraction of sp³-hybridized carbons (Fsp3) is 0.562. The maximum Gasteiger partial charge on any atom is 0.351 e. The number of hydrogen-bond donors (Lipinski definition) is 1. The Morgan fingerprint density at radius 1 is 1.27 bits per heavy atom. The summed E-state index contributed by atoms with van der Waals surface area (Å²) in [6.45, 7) is 2.75. The van der Waals surface area contributed by atoms with E-state index in [-0.39, 0.29) is 23.7 Å². The molecule has 3 heterocycles. The molecule has 2 aromatic rings. The van der Waals surface area contributed by atoms with Gasteiger partial charge in [-0.1, -0.05) is 0 Å². The Labute approximate surface area is 128 Å². The van der Waals surface area contributed by atoms with Crippen LogP contribution in [0.5, 0.6) is 0 Å². The van der Waals surface area contributed by atoms with Crippen LogP contribution in [0, 0.1) is 0 Å². The number of aromatic nitrogens is 3. The molecule has 6 nitrogen and oxygen atoms in total. The fourth-order valence-corrected chi connectivity index (χ4v) is 3.31. The highest BCUT2D eigenvalue weighted by Crippen LogP contribution is 2.39. The Kier molecular flexibility index (Phi) is 3.14. The molecular weight excluding hydrogens is 280 g/mol. The van der Waals surface area contributed by atoms with E-state index in [1.807, 2.05) is 19.1 Å². The minimum absolute atomic E-state index is 0.0218. The summed E-state index contributed by atoms with van der Waals surface area (Å²) < 4.78 is 7.42. The monoisotopic (exact) mass is 300 g/mol. The SMILES string of the molecule is C[C@H]1OCCC[C@@H]1n1c(=O)nc(N)c2ccc(C3CC3)nc21. The van der Waals surface area contributed by atoms with Crippen LogP contribution < -0.4 is 11.4 Å². The largest absolute Gasteiger partial charge is 0.383 e. The molecule has 1 saturated heterocycles. The van der Waals surface area contributed by atoms with Gasteiger partial charge in [0.25, 0.3) is 0 Å². The molecule has 1 aliphatic heterocycles. The number of nitrogen functional groups attached to an aromatic ring is 1. The number of rotatable bonds is 2. The Morgan fingerprint density at radius 2 is 2.09 bits per heavy atom. The van der Waals surface area contributed by atoms with Gasteiger partial charge in [0, 0.05) is 18.2 Å². The van der Waals surface area contributed by atoms with Crippen molar-refractivity contribution in [3.05, 3.63) is 28.3 Å². The maximum absolute atomic E-state index is 12.5. The zero-order valence-electron chi connectivity index (χ0n) is 12.7. The molecule has 0 bridgehead atoms. The third-order valence-electron chi connectivity index (χ3n) is 4.72. The lowest BCUT2D eigenvalue weighted by atomic mass is 10.0. The highest BCUT2D eigenvalue weighted by atomic mass is 16.5. The van der Waals surface area contributed by atoms with Crippen LogP contribution in [-0.4, -0.2) is 27.2 Å². The number of nitrogens with two attached hydrogens (primary N) is 1. The highest BCUT2D eigenvalue weighted by Gasteiger charge is 2.29. The Bertz CT molecular complexity index is 782. The van der Waals surface area contributed by atoms with E-state index >= 15 is 0 Å². The third-order valence-corrected chi connectivity index (χ3v) is 4.72. The number of ether oxygens (including phenoxy) is 1. The topological polar surface area (TPSA) is 83.0 Å². The molecule has 4 rings (SSSR count). The van der Waals surface area contributed by atoms with Crippen molar-refractivity contribution in [1.29, 1.82) is 0 Å². The number of anilines is 1. The summed E-state index contributed by atoms with van der Waals surface area (Å²) in [5, 5.41) is 0.752. The molecule has 22 heavy (non-hydrogen) atoms. The van der Waals surface area contributed by atoms with Crippen LogP contribution in [0.1, 0.15) is 50.3 Å². The van der Waals surface area contributed by atoms with E-state index in [1.54, 1.807) is 4.57 Å². The maximum atomic E-state index is 12.5. The number of fused-ring (bicyclic) bond motifs is 1. The molecule has 2 fully saturated rings. The van der Waals surface area contributed by atoms with Crippen molar-refractivity contribution >= 4 is 16.9 Å². The molecule has 2 aliphatic rings. The summed E-state index contributed by atoms with van der Waals surface area (Å²) in [6, 6.07) is 3.93. The summed E-state index contributed by atoms with van der Waals surface area (Å²) in [5.41, 5.74) is 7.32. The highest BCUT2D eigenvalue weighted by molar-refractivity contribution is 5.85. The second-order valence-electron chi connectivity index (χ2n) is 6.32. The third kappa shape index (κ3) is 2.18. The van der Waals surface area contributed by atoms with E-state index < -0.39 is 0 Å². The summed E-state index contributed by atoms with van der Waals surface area (Å²) in [6.07, 6.45) is 4.16. The zero-order valence-corrected chi connectivity index (χ0v) is 12.7. The summed E-state index contributed by atoms with van der Waals surface area (Å²) in [4.78, 5) is 21.2. The van der Waals surface area contributed by atoms with Gasteiger partial charge in [0.1, 0.15) is 11.5 Å². The van der Waals surface area contributed by atoms with Crippen LogP contribution in [0.4, 0.5) is 5.82 Å². The summed E-state index contributed by atoms with van der Waals surface area (Å²) >= 11 is 0. The van der Waals surface area contributed by atoms with Crippen LogP contribution in [0.15, 0.2) is 16.9 Å². The fourth-order valence-electron chi connectivity index (χ4n) is 3.31. The van der Waals surface area contributed by atoms with E-state index in [4.69, 9.17) is 15.5 Å². The van der Waals surface area contributed by atoms with Crippen molar-refractivity contribution in [2.45, 2.75) is 50.7 Å². The minimum atomic E-state index is -0.326. The van der Waals surface area contributed by atoms with Gasteiger partial charge in [-0.15, -0.1) is 0 Å². The van der Waals surface area contributed by atoms with Gasteiger partial charge in [0.05, 0.1) is 17.5 Å². The van der Waals surface area contributed by atoms with Crippen LogP contribution >= 0.6 is 0 Å². The molecule has 0 aromatic carbocycles. The molecule has 0 radical (unpaired) electrons. The minimum Gasteiger partial charge on any atom is -0.383 e. The lowest BCUT2D eigenvalue weighted by Gasteiger charge is -2.31. The van der Waals surface area contributed by atoms with Gasteiger partial charge in [-0.2, -0.15) is 4.98 Å². The van der Waals surface area contributed by atoms with Crippen LogP contribution in [-0.2, 0) is 4.74 Å². The van der Waals surface area contributed by atoms with Gasteiger partial charge in [-0.3, -0.25) is 4.57 Å². The molecule has 2 N–H and O–H groups in total. The molecule has 1 saturated carbocycles. The first-order valence-corrected chi connectivity index (χ1v) is 7.95. The smallest absolute Gasteiger partial charge is 0.351 e. The first kappa shape index (κ1) is 13.7. The van der Waals surface area contributed by atoms with Gasteiger partial charge in [0.15, 0.2) is 0 Å². The van der Waals surface area contributed by atoms with Crippen molar-refractivity contribution in [2.75, 3.05) is 12.3 Å². The molecule has 2 atom stereocenters. The van der Waals surface area contributed by atoms with Crippen LogP contribution in [0.2, 0.25) is 0 Å². The predicted molar refractivity (Wildman–Crippen MR) is 83.9 cm³/mol. The molecule has 0 spiro atoms. The van der Waals surface area contributed by atoms with Crippen molar-refractivity contribution in [2.24, 2.45) is 0 Å². The lowest BCUT2D eigenvalue weighted by molar-refractivity contribution is -0.00914.